The molecule has 1 aliphatic heterocycles. The zero-order valence-corrected chi connectivity index (χ0v) is 29.0. The Hall–Kier alpha value is -6.15. The Morgan fingerprint density at radius 2 is 0.784 bits per heavy atom. The van der Waals surface area contributed by atoms with E-state index in [1.54, 1.807) is 0 Å². The zero-order chi connectivity index (χ0) is 34.4. The second kappa shape index (κ2) is 12.6. The second-order valence-electron chi connectivity index (χ2n) is 13.1. The number of hydrogen-bond donors (Lipinski definition) is 0. The molecule has 0 saturated heterocycles. The standard InChI is InChI=1S/C47H33N2OP/c1-51(50)44-17-9-8-15-41(44)46-40(16-10-18-45(46)51)36-25-19-34(20-26-36)35-23-29-38(30-24-35)43-31-42(48-47(49-43)39-13-6-3-7-14-39)37-27-21-33(22-28-37)32-11-4-2-5-12-32/h2-31H,1H3. The van der Waals surface area contributed by atoms with Crippen molar-refractivity contribution in [1.82, 2.24) is 9.97 Å². The summed E-state index contributed by atoms with van der Waals surface area (Å²) >= 11 is 0. The fraction of sp³-hybridized carbons (Fsp3) is 0.0213. The molecule has 242 valence electrons. The van der Waals surface area contributed by atoms with Crippen molar-refractivity contribution in [2.24, 2.45) is 0 Å². The van der Waals surface area contributed by atoms with Crippen LogP contribution in [0.15, 0.2) is 182 Å². The van der Waals surface area contributed by atoms with Crippen LogP contribution in [0.2, 0.25) is 0 Å². The molecule has 9 rings (SSSR count). The molecule has 1 aliphatic rings. The lowest BCUT2D eigenvalue weighted by atomic mass is 9.93. The van der Waals surface area contributed by atoms with E-state index in [-0.39, 0.29) is 0 Å². The highest BCUT2D eigenvalue weighted by Gasteiger charge is 2.35. The third-order valence-electron chi connectivity index (χ3n) is 9.89. The van der Waals surface area contributed by atoms with Gasteiger partial charge in [0.15, 0.2) is 5.82 Å². The molecule has 0 saturated carbocycles. The third-order valence-corrected chi connectivity index (χ3v) is 12.5. The lowest BCUT2D eigenvalue weighted by Crippen LogP contribution is -2.07. The Bertz CT molecular complexity index is 2580. The van der Waals surface area contributed by atoms with Gasteiger partial charge in [-0.2, -0.15) is 0 Å². The van der Waals surface area contributed by atoms with Crippen molar-refractivity contribution in [3.8, 4) is 78.4 Å². The van der Waals surface area contributed by atoms with Crippen LogP contribution in [-0.2, 0) is 4.57 Å². The van der Waals surface area contributed by atoms with Gasteiger partial charge >= 0.3 is 0 Å². The molecular formula is C47H33N2OP. The lowest BCUT2D eigenvalue weighted by molar-refractivity contribution is 0.591. The molecule has 1 atom stereocenters. The third kappa shape index (κ3) is 5.62. The van der Waals surface area contributed by atoms with E-state index in [9.17, 15) is 4.57 Å². The first-order valence-electron chi connectivity index (χ1n) is 17.2. The zero-order valence-electron chi connectivity index (χ0n) is 28.1. The fourth-order valence-electron chi connectivity index (χ4n) is 7.21. The first kappa shape index (κ1) is 30.9. The minimum atomic E-state index is -2.62. The van der Waals surface area contributed by atoms with Crippen LogP contribution in [0.4, 0.5) is 0 Å². The van der Waals surface area contributed by atoms with E-state index >= 15 is 0 Å². The minimum Gasteiger partial charge on any atom is -0.314 e. The molecule has 0 bridgehead atoms. The number of aromatic nitrogens is 2. The van der Waals surface area contributed by atoms with Crippen molar-refractivity contribution < 1.29 is 4.57 Å². The summed E-state index contributed by atoms with van der Waals surface area (Å²) in [5.41, 5.74) is 13.8. The Kier molecular flexibility index (Phi) is 7.64. The molecule has 0 spiro atoms. The Labute approximate surface area is 298 Å². The van der Waals surface area contributed by atoms with E-state index in [1.807, 2.05) is 61.3 Å². The summed E-state index contributed by atoms with van der Waals surface area (Å²) in [6.07, 6.45) is 0. The molecule has 0 fully saturated rings. The highest BCUT2D eigenvalue weighted by molar-refractivity contribution is 7.79. The van der Waals surface area contributed by atoms with Gasteiger partial charge in [0.05, 0.1) is 11.4 Å². The van der Waals surface area contributed by atoms with Gasteiger partial charge in [0.25, 0.3) is 0 Å². The van der Waals surface area contributed by atoms with E-state index in [0.29, 0.717) is 5.82 Å². The molecule has 2 heterocycles. The number of rotatable bonds is 6. The van der Waals surface area contributed by atoms with Crippen LogP contribution in [0.1, 0.15) is 0 Å². The van der Waals surface area contributed by atoms with Gasteiger partial charge in [-0.05, 0) is 51.7 Å². The molecule has 8 aromatic rings. The van der Waals surface area contributed by atoms with Crippen LogP contribution in [-0.4, -0.2) is 16.6 Å². The van der Waals surface area contributed by atoms with Crippen LogP contribution in [0.25, 0.3) is 78.4 Å². The topological polar surface area (TPSA) is 42.9 Å². The average molecular weight is 673 g/mol. The van der Waals surface area contributed by atoms with Crippen LogP contribution < -0.4 is 10.6 Å². The second-order valence-corrected chi connectivity index (χ2v) is 15.9. The summed E-state index contributed by atoms with van der Waals surface area (Å²) in [6.45, 7) is 1.89. The van der Waals surface area contributed by atoms with Gasteiger partial charge in [-0.1, -0.05) is 176 Å². The molecule has 3 nitrogen and oxygen atoms in total. The highest BCUT2D eigenvalue weighted by Crippen LogP contribution is 2.52. The first-order valence-corrected chi connectivity index (χ1v) is 19.3. The number of hydrogen-bond acceptors (Lipinski definition) is 3. The average Bonchev–Trinajstić information content (AvgIpc) is 3.45. The molecule has 51 heavy (non-hydrogen) atoms. The van der Waals surface area contributed by atoms with Gasteiger partial charge in [-0.3, -0.25) is 0 Å². The van der Waals surface area contributed by atoms with Crippen molar-refractivity contribution in [3.05, 3.63) is 182 Å². The van der Waals surface area contributed by atoms with E-state index in [2.05, 4.69) is 127 Å². The highest BCUT2D eigenvalue weighted by atomic mass is 31.2. The van der Waals surface area contributed by atoms with Gasteiger partial charge in [0.2, 0.25) is 0 Å². The SMILES string of the molecule is CP1(=O)c2ccccc2-c2c(-c3ccc(-c4ccc(-c5cc(-c6ccc(-c7ccccc7)cc6)nc(-c6ccccc6)n5)cc4)cc3)cccc21. The molecule has 1 aromatic heterocycles. The van der Waals surface area contributed by atoms with Gasteiger partial charge in [0.1, 0.15) is 7.14 Å². The summed E-state index contributed by atoms with van der Waals surface area (Å²) in [5.74, 6) is 0.698. The number of benzene rings is 7. The van der Waals surface area contributed by atoms with Crippen molar-refractivity contribution >= 4 is 17.8 Å². The van der Waals surface area contributed by atoms with E-state index in [4.69, 9.17) is 9.97 Å². The molecule has 0 N–H and O–H groups in total. The van der Waals surface area contributed by atoms with Crippen molar-refractivity contribution in [3.63, 3.8) is 0 Å². The van der Waals surface area contributed by atoms with Gasteiger partial charge < -0.3 is 4.57 Å². The van der Waals surface area contributed by atoms with E-state index in [1.165, 1.54) is 11.1 Å². The lowest BCUT2D eigenvalue weighted by Gasteiger charge is -2.12. The molecular weight excluding hydrogens is 640 g/mol. The molecule has 0 amide bonds. The molecule has 4 heteroatoms. The van der Waals surface area contributed by atoms with Crippen LogP contribution >= 0.6 is 7.14 Å². The first-order chi connectivity index (χ1) is 25.0. The molecule has 7 aromatic carbocycles. The summed E-state index contributed by atoms with van der Waals surface area (Å²) in [6, 6.07) is 62.9. The van der Waals surface area contributed by atoms with Crippen molar-refractivity contribution in [2.75, 3.05) is 6.66 Å². The Morgan fingerprint density at radius 1 is 0.373 bits per heavy atom. The maximum absolute atomic E-state index is 13.8. The van der Waals surface area contributed by atoms with Crippen molar-refractivity contribution in [2.45, 2.75) is 0 Å². The van der Waals surface area contributed by atoms with Crippen LogP contribution in [0.5, 0.6) is 0 Å². The predicted molar refractivity (Wildman–Crippen MR) is 213 cm³/mol. The summed E-state index contributed by atoms with van der Waals surface area (Å²) in [4.78, 5) is 10.1. The van der Waals surface area contributed by atoms with Gasteiger partial charge in [-0.25, -0.2) is 9.97 Å². The summed E-state index contributed by atoms with van der Waals surface area (Å²) < 4.78 is 13.8. The Morgan fingerprint density at radius 3 is 1.35 bits per heavy atom. The number of fused-ring (bicyclic) bond motifs is 3. The maximum atomic E-state index is 13.8. The van der Waals surface area contributed by atoms with Gasteiger partial charge in [-0.15, -0.1) is 0 Å². The molecule has 0 radical (unpaired) electrons. The summed E-state index contributed by atoms with van der Waals surface area (Å²) in [7, 11) is -2.62. The van der Waals surface area contributed by atoms with Crippen molar-refractivity contribution in [1.29, 1.82) is 0 Å². The maximum Gasteiger partial charge on any atom is 0.160 e. The molecule has 1 unspecified atom stereocenters. The van der Waals surface area contributed by atoms with Gasteiger partial charge in [0, 0.05) is 32.9 Å². The smallest absolute Gasteiger partial charge is 0.160 e. The summed E-state index contributed by atoms with van der Waals surface area (Å²) in [5, 5.41) is 1.91. The minimum absolute atomic E-state index is 0.698. The Balaban J connectivity index is 1.04. The van der Waals surface area contributed by atoms with E-state index in [0.717, 1.165) is 72.1 Å². The monoisotopic (exact) mass is 672 g/mol. The molecule has 0 aliphatic carbocycles. The normalized spacial score (nSPS) is 14.5. The van der Waals surface area contributed by atoms with E-state index < -0.39 is 7.14 Å². The largest absolute Gasteiger partial charge is 0.314 e. The van der Waals surface area contributed by atoms with Crippen LogP contribution in [0, 0.1) is 0 Å². The number of nitrogens with zero attached hydrogens (tertiary/aromatic N) is 2. The quantitative estimate of drug-likeness (QED) is 0.165. The predicted octanol–water partition coefficient (Wildman–Crippen LogP) is 11.4. The van der Waals surface area contributed by atoms with Crippen LogP contribution in [0.3, 0.4) is 0 Å². The fourth-order valence-corrected chi connectivity index (χ4v) is 9.52.